The van der Waals surface area contributed by atoms with Gasteiger partial charge in [0.25, 0.3) is 0 Å². The molecule has 1 aromatic heterocycles. The summed E-state index contributed by atoms with van der Waals surface area (Å²) >= 11 is 5.93. The highest BCUT2D eigenvalue weighted by molar-refractivity contribution is 6.32. The lowest BCUT2D eigenvalue weighted by atomic mass is 10.1. The Balaban J connectivity index is 2.08. The molecule has 1 N–H and O–H groups in total. The highest BCUT2D eigenvalue weighted by atomic mass is 35.5. The number of benzene rings is 2. The third-order valence-electron chi connectivity index (χ3n) is 3.38. The standard InChI is InChI=1S/C16H8ClF6N3/c17-13-14(26-12-4-2-1-3-11(12)25-13)24-10-6-8(15(18,19)20)5-9(7-10)16(21,22)23/h1-7H,(H,24,26). The molecule has 3 aromatic rings. The molecule has 0 saturated heterocycles. The number of hydrogen-bond acceptors (Lipinski definition) is 3. The average Bonchev–Trinajstić information content (AvgIpc) is 2.53. The molecule has 0 fully saturated rings. The minimum absolute atomic E-state index is 0.0405. The van der Waals surface area contributed by atoms with Gasteiger partial charge in [0.2, 0.25) is 0 Å². The summed E-state index contributed by atoms with van der Waals surface area (Å²) in [6, 6.07) is 7.66. The molecule has 0 atom stereocenters. The van der Waals surface area contributed by atoms with E-state index < -0.39 is 29.2 Å². The number of rotatable bonds is 2. The molecule has 2 aromatic carbocycles. The van der Waals surface area contributed by atoms with Crippen molar-refractivity contribution in [2.45, 2.75) is 12.4 Å². The number of nitrogens with zero attached hydrogens (tertiary/aromatic N) is 2. The van der Waals surface area contributed by atoms with E-state index in [1.807, 2.05) is 0 Å². The van der Waals surface area contributed by atoms with E-state index in [-0.39, 0.29) is 17.0 Å². The van der Waals surface area contributed by atoms with Crippen molar-refractivity contribution in [1.29, 1.82) is 0 Å². The van der Waals surface area contributed by atoms with Crippen LogP contribution in [0.4, 0.5) is 37.8 Å². The fraction of sp³-hybridized carbons (Fsp3) is 0.125. The van der Waals surface area contributed by atoms with Crippen molar-refractivity contribution in [3.8, 4) is 0 Å². The number of fused-ring (bicyclic) bond motifs is 1. The van der Waals surface area contributed by atoms with Gasteiger partial charge in [-0.3, -0.25) is 0 Å². The molecule has 10 heteroatoms. The molecule has 0 bridgehead atoms. The number of hydrogen-bond donors (Lipinski definition) is 1. The summed E-state index contributed by atoms with van der Waals surface area (Å²) in [5.41, 5.74) is -2.54. The Labute approximate surface area is 147 Å². The first-order valence-electron chi connectivity index (χ1n) is 7.03. The van der Waals surface area contributed by atoms with Gasteiger partial charge in [0, 0.05) is 5.69 Å². The summed E-state index contributed by atoms with van der Waals surface area (Å²) in [5.74, 6) is -0.155. The Hall–Kier alpha value is -2.55. The third-order valence-corrected chi connectivity index (χ3v) is 3.64. The van der Waals surface area contributed by atoms with Crippen LogP contribution in [0.15, 0.2) is 42.5 Å². The Morgan fingerprint density at radius 2 is 1.27 bits per heavy atom. The van der Waals surface area contributed by atoms with E-state index in [2.05, 4.69) is 15.3 Å². The van der Waals surface area contributed by atoms with Crippen LogP contribution in [-0.4, -0.2) is 9.97 Å². The molecule has 0 spiro atoms. The maximum atomic E-state index is 12.9. The second-order valence-corrected chi connectivity index (χ2v) is 5.63. The van der Waals surface area contributed by atoms with Gasteiger partial charge in [0.05, 0.1) is 22.2 Å². The second-order valence-electron chi connectivity index (χ2n) is 5.27. The summed E-state index contributed by atoms with van der Waals surface area (Å²) in [6.45, 7) is 0. The molecular formula is C16H8ClF6N3. The summed E-state index contributed by atoms with van der Waals surface area (Å²) in [4.78, 5) is 8.10. The Bertz CT molecular complexity index is 936. The molecule has 0 saturated carbocycles. The highest BCUT2D eigenvalue weighted by Gasteiger charge is 2.37. The van der Waals surface area contributed by atoms with Crippen LogP contribution >= 0.6 is 11.6 Å². The number of halogens is 7. The molecule has 0 unspecified atom stereocenters. The van der Waals surface area contributed by atoms with Crippen molar-refractivity contribution >= 4 is 34.1 Å². The number of aromatic nitrogens is 2. The van der Waals surface area contributed by atoms with Crippen LogP contribution in [0.5, 0.6) is 0 Å². The van der Waals surface area contributed by atoms with Crippen molar-refractivity contribution in [1.82, 2.24) is 9.97 Å². The minimum atomic E-state index is -4.95. The first kappa shape index (κ1) is 18.2. The summed E-state index contributed by atoms with van der Waals surface area (Å²) in [7, 11) is 0. The van der Waals surface area contributed by atoms with Crippen LogP contribution < -0.4 is 5.32 Å². The Morgan fingerprint density at radius 1 is 0.769 bits per heavy atom. The van der Waals surface area contributed by atoms with E-state index in [0.29, 0.717) is 23.2 Å². The Kier molecular flexibility index (Phi) is 4.43. The van der Waals surface area contributed by atoms with Gasteiger partial charge < -0.3 is 5.32 Å². The third kappa shape index (κ3) is 3.82. The van der Waals surface area contributed by atoms with Crippen molar-refractivity contribution in [2.75, 3.05) is 5.32 Å². The fourth-order valence-corrected chi connectivity index (χ4v) is 2.40. The molecule has 0 aliphatic heterocycles. The van der Waals surface area contributed by atoms with E-state index in [0.717, 1.165) is 0 Å². The number of anilines is 2. The molecule has 26 heavy (non-hydrogen) atoms. The fourth-order valence-electron chi connectivity index (χ4n) is 2.22. The molecule has 0 radical (unpaired) electrons. The molecule has 0 aliphatic rings. The normalized spacial score (nSPS) is 12.4. The summed E-state index contributed by atoms with van der Waals surface area (Å²) < 4.78 is 77.5. The lowest BCUT2D eigenvalue weighted by molar-refractivity contribution is -0.143. The zero-order chi connectivity index (χ0) is 19.1. The largest absolute Gasteiger partial charge is 0.416 e. The predicted octanol–water partition coefficient (Wildman–Crippen LogP) is 6.06. The van der Waals surface area contributed by atoms with Gasteiger partial charge in [-0.25, -0.2) is 9.97 Å². The minimum Gasteiger partial charge on any atom is -0.338 e. The van der Waals surface area contributed by atoms with E-state index in [4.69, 9.17) is 11.6 Å². The van der Waals surface area contributed by atoms with Gasteiger partial charge in [0.1, 0.15) is 0 Å². The first-order valence-corrected chi connectivity index (χ1v) is 7.40. The molecule has 1 heterocycles. The molecule has 3 nitrogen and oxygen atoms in total. The van der Waals surface area contributed by atoms with Crippen LogP contribution in [0.3, 0.4) is 0 Å². The maximum Gasteiger partial charge on any atom is 0.416 e. The van der Waals surface area contributed by atoms with E-state index in [1.54, 1.807) is 24.3 Å². The maximum absolute atomic E-state index is 12.9. The molecular weight excluding hydrogens is 384 g/mol. The summed E-state index contributed by atoms with van der Waals surface area (Å²) in [5, 5.41) is 2.20. The zero-order valence-electron chi connectivity index (χ0n) is 12.6. The van der Waals surface area contributed by atoms with Crippen molar-refractivity contribution in [3.63, 3.8) is 0 Å². The van der Waals surface area contributed by atoms with Crippen LogP contribution in [0.1, 0.15) is 11.1 Å². The second kappa shape index (κ2) is 6.31. The van der Waals surface area contributed by atoms with Gasteiger partial charge in [-0.1, -0.05) is 23.7 Å². The monoisotopic (exact) mass is 391 g/mol. The van der Waals surface area contributed by atoms with Gasteiger partial charge in [0.15, 0.2) is 11.0 Å². The number of nitrogens with one attached hydrogen (secondary N) is 1. The predicted molar refractivity (Wildman–Crippen MR) is 84.3 cm³/mol. The number of alkyl halides is 6. The van der Waals surface area contributed by atoms with Crippen LogP contribution in [0.2, 0.25) is 5.15 Å². The van der Waals surface area contributed by atoms with Gasteiger partial charge in [-0.15, -0.1) is 0 Å². The topological polar surface area (TPSA) is 37.8 Å². The quantitative estimate of drug-likeness (QED) is 0.539. The van der Waals surface area contributed by atoms with E-state index in [9.17, 15) is 26.3 Å². The Morgan fingerprint density at radius 3 is 1.77 bits per heavy atom. The average molecular weight is 392 g/mol. The first-order chi connectivity index (χ1) is 12.0. The van der Waals surface area contributed by atoms with Crippen LogP contribution in [0.25, 0.3) is 11.0 Å². The highest BCUT2D eigenvalue weighted by Crippen LogP contribution is 2.38. The van der Waals surface area contributed by atoms with E-state index in [1.165, 1.54) is 0 Å². The van der Waals surface area contributed by atoms with Gasteiger partial charge >= 0.3 is 12.4 Å². The molecule has 3 rings (SSSR count). The number of para-hydroxylation sites is 2. The summed E-state index contributed by atoms with van der Waals surface area (Å²) in [6.07, 6.45) is -9.90. The lowest BCUT2D eigenvalue weighted by Gasteiger charge is -2.15. The van der Waals surface area contributed by atoms with Crippen molar-refractivity contribution < 1.29 is 26.3 Å². The molecule has 0 aliphatic carbocycles. The van der Waals surface area contributed by atoms with Crippen LogP contribution in [0, 0.1) is 0 Å². The van der Waals surface area contributed by atoms with Gasteiger partial charge in [-0.05, 0) is 30.3 Å². The molecule has 0 amide bonds. The van der Waals surface area contributed by atoms with Gasteiger partial charge in [-0.2, -0.15) is 26.3 Å². The zero-order valence-corrected chi connectivity index (χ0v) is 13.3. The van der Waals surface area contributed by atoms with Crippen molar-refractivity contribution in [2.24, 2.45) is 0 Å². The van der Waals surface area contributed by atoms with Crippen LogP contribution in [-0.2, 0) is 12.4 Å². The van der Waals surface area contributed by atoms with E-state index >= 15 is 0 Å². The molecule has 136 valence electrons. The lowest BCUT2D eigenvalue weighted by Crippen LogP contribution is -2.11. The van der Waals surface area contributed by atoms with Crippen molar-refractivity contribution in [3.05, 3.63) is 58.7 Å². The smallest absolute Gasteiger partial charge is 0.338 e. The SMILES string of the molecule is FC(F)(F)c1cc(Nc2nc3ccccc3nc2Cl)cc(C(F)(F)F)c1.